The Morgan fingerprint density at radius 1 is 1.16 bits per heavy atom. The van der Waals surface area contributed by atoms with E-state index < -0.39 is 29.4 Å². The molecule has 0 amide bonds. The largest absolute Gasteiger partial charge is 0.544 e. The molecule has 0 spiro atoms. The van der Waals surface area contributed by atoms with E-state index in [4.69, 9.17) is 0 Å². The molecule has 8 heteroatoms. The summed E-state index contributed by atoms with van der Waals surface area (Å²) in [5.74, 6) is -16.9. The van der Waals surface area contributed by atoms with E-state index in [9.17, 15) is 32.3 Å². The third kappa shape index (κ3) is 2.66. The van der Waals surface area contributed by atoms with Crippen molar-refractivity contribution in [1.82, 2.24) is 0 Å². The lowest BCUT2D eigenvalue weighted by Gasteiger charge is -2.32. The van der Waals surface area contributed by atoms with E-state index >= 15 is 0 Å². The molecule has 0 saturated heterocycles. The van der Waals surface area contributed by atoms with Gasteiger partial charge in [0.15, 0.2) is 0 Å². The van der Waals surface area contributed by atoms with Crippen molar-refractivity contribution in [2.75, 3.05) is 0 Å². The predicted octanol–water partition coefficient (Wildman–Crippen LogP) is 1.27. The van der Waals surface area contributed by atoms with Gasteiger partial charge in [-0.25, -0.2) is 4.79 Å². The molecule has 0 heterocycles. The lowest BCUT2D eigenvalue weighted by atomic mass is 9.98. The summed E-state index contributed by atoms with van der Waals surface area (Å²) in [5.41, 5.74) is -1.21. The Hall–Kier alpha value is -1.34. The summed E-state index contributed by atoms with van der Waals surface area (Å²) in [5, 5.41) is 10.0. The van der Waals surface area contributed by atoms with Gasteiger partial charge in [0.1, 0.15) is 11.6 Å². The molecule has 110 valence electrons. The summed E-state index contributed by atoms with van der Waals surface area (Å²) in [4.78, 5) is 21.2. The average molecular weight is 285 g/mol. The number of carbonyl (C=O) groups is 2. The van der Waals surface area contributed by atoms with E-state index in [2.05, 4.69) is 4.74 Å². The molecule has 0 N–H and O–H groups in total. The van der Waals surface area contributed by atoms with Crippen LogP contribution in [0.1, 0.15) is 39.0 Å². The molecule has 1 fully saturated rings. The van der Waals surface area contributed by atoms with Crippen molar-refractivity contribution in [3.63, 3.8) is 0 Å². The zero-order chi connectivity index (χ0) is 14.9. The van der Waals surface area contributed by atoms with Crippen LogP contribution in [0.4, 0.5) is 17.6 Å². The van der Waals surface area contributed by atoms with Crippen molar-refractivity contribution in [3.05, 3.63) is 0 Å². The lowest BCUT2D eigenvalue weighted by Crippen LogP contribution is -2.59. The summed E-state index contributed by atoms with van der Waals surface area (Å²) >= 11 is 0. The highest BCUT2D eigenvalue weighted by atomic mass is 19.3. The van der Waals surface area contributed by atoms with Crippen LogP contribution in [-0.4, -0.2) is 29.4 Å². The molecule has 0 bridgehead atoms. The van der Waals surface area contributed by atoms with E-state index in [1.807, 2.05) is 0 Å². The summed E-state index contributed by atoms with van der Waals surface area (Å²) in [6.45, 7) is 1.58. The Morgan fingerprint density at radius 2 is 1.63 bits per heavy atom. The van der Waals surface area contributed by atoms with Gasteiger partial charge in [-0.2, -0.15) is 17.6 Å². The second-order valence-corrected chi connectivity index (χ2v) is 4.57. The Kier molecular flexibility index (Phi) is 4.11. The highest BCUT2D eigenvalue weighted by Crippen LogP contribution is 2.41. The number of hydrogen-bond donors (Lipinski definition) is 0. The number of carboxylic acids is 1. The topological polar surface area (TPSA) is 66.4 Å². The summed E-state index contributed by atoms with van der Waals surface area (Å²) < 4.78 is 56.3. The zero-order valence-electron chi connectivity index (χ0n) is 10.2. The highest BCUT2D eigenvalue weighted by Gasteiger charge is 2.65. The zero-order valence-corrected chi connectivity index (χ0v) is 10.2. The first-order valence-electron chi connectivity index (χ1n) is 5.79. The Bertz CT molecular complexity index is 375. The third-order valence-electron chi connectivity index (χ3n) is 3.38. The predicted molar refractivity (Wildman–Crippen MR) is 52.5 cm³/mol. The van der Waals surface area contributed by atoms with E-state index in [0.29, 0.717) is 25.7 Å². The molecule has 1 aliphatic rings. The fourth-order valence-electron chi connectivity index (χ4n) is 2.06. The maximum atomic E-state index is 13.2. The van der Waals surface area contributed by atoms with E-state index in [0.717, 1.165) is 0 Å². The summed E-state index contributed by atoms with van der Waals surface area (Å²) in [6.07, 6.45) is 2.04. The van der Waals surface area contributed by atoms with E-state index in [1.165, 1.54) is 0 Å². The van der Waals surface area contributed by atoms with Gasteiger partial charge in [-0.3, -0.25) is 0 Å². The molecule has 1 saturated carbocycles. The number of rotatable bonds is 5. The van der Waals surface area contributed by atoms with Gasteiger partial charge in [0.25, 0.3) is 0 Å². The second-order valence-electron chi connectivity index (χ2n) is 4.57. The quantitative estimate of drug-likeness (QED) is 0.563. The number of carbonyl (C=O) groups excluding carboxylic acids is 2. The van der Waals surface area contributed by atoms with E-state index in [1.54, 1.807) is 6.92 Å². The minimum atomic E-state index is -5.60. The molecule has 0 unspecified atom stereocenters. The van der Waals surface area contributed by atoms with Crippen LogP contribution in [0.25, 0.3) is 0 Å². The van der Waals surface area contributed by atoms with Crippen molar-refractivity contribution < 1.29 is 37.0 Å². The fourth-order valence-corrected chi connectivity index (χ4v) is 2.06. The van der Waals surface area contributed by atoms with Gasteiger partial charge < -0.3 is 14.6 Å². The molecule has 0 aliphatic heterocycles. The van der Waals surface area contributed by atoms with Crippen LogP contribution in [0.15, 0.2) is 0 Å². The number of alkyl halides is 4. The van der Waals surface area contributed by atoms with E-state index in [-0.39, 0.29) is 6.42 Å². The molecule has 0 atom stereocenters. The first-order chi connectivity index (χ1) is 8.59. The first-order valence-corrected chi connectivity index (χ1v) is 5.79. The number of aliphatic carboxylic acids is 1. The fraction of sp³-hybridized carbons (Fsp3) is 0.818. The smallest absolute Gasteiger partial charge is 0.410 e. The molecule has 0 aromatic carbocycles. The number of hydrogen-bond acceptors (Lipinski definition) is 4. The van der Waals surface area contributed by atoms with Crippen LogP contribution in [-0.2, 0) is 14.3 Å². The molecular weight excluding hydrogens is 272 g/mol. The Balaban J connectivity index is 2.90. The van der Waals surface area contributed by atoms with Gasteiger partial charge >= 0.3 is 17.8 Å². The molecule has 19 heavy (non-hydrogen) atoms. The normalized spacial score (nSPS) is 19.2. The van der Waals surface area contributed by atoms with Crippen LogP contribution in [0, 0.1) is 0 Å². The van der Waals surface area contributed by atoms with Crippen molar-refractivity contribution in [2.45, 2.75) is 56.5 Å². The van der Waals surface area contributed by atoms with Crippen molar-refractivity contribution in [3.8, 4) is 0 Å². The number of halogens is 4. The molecule has 0 aromatic rings. The van der Waals surface area contributed by atoms with Crippen LogP contribution < -0.4 is 5.11 Å². The molecular formula is C11H13F4O4-. The summed E-state index contributed by atoms with van der Waals surface area (Å²) in [7, 11) is 0. The van der Waals surface area contributed by atoms with Crippen LogP contribution in [0.2, 0.25) is 0 Å². The van der Waals surface area contributed by atoms with Crippen molar-refractivity contribution in [2.24, 2.45) is 0 Å². The van der Waals surface area contributed by atoms with Crippen molar-refractivity contribution in [1.29, 1.82) is 0 Å². The number of ether oxygens (including phenoxy) is 1. The average Bonchev–Trinajstić information content (AvgIpc) is 2.77. The standard InChI is InChI=1S/C11H14F4O4/c1-2-9(5-3-4-6-9)19-8(18)11(14,15)10(12,13)7(16)17/h2-6H2,1H3,(H,16,17)/p-1. The van der Waals surface area contributed by atoms with Gasteiger partial charge in [-0.05, 0) is 32.1 Å². The molecule has 1 rings (SSSR count). The maximum Gasteiger partial charge on any atom is 0.410 e. The van der Waals surface area contributed by atoms with Crippen LogP contribution in [0.3, 0.4) is 0 Å². The molecule has 4 nitrogen and oxygen atoms in total. The van der Waals surface area contributed by atoms with Gasteiger partial charge in [-0.1, -0.05) is 6.92 Å². The van der Waals surface area contributed by atoms with Gasteiger partial charge in [0, 0.05) is 0 Å². The molecule has 0 aromatic heterocycles. The Labute approximate surface area is 106 Å². The summed E-state index contributed by atoms with van der Waals surface area (Å²) in [6, 6.07) is 0. The van der Waals surface area contributed by atoms with Gasteiger partial charge in [0.2, 0.25) is 0 Å². The number of carboxylic acid groups (broad SMARTS) is 1. The maximum absolute atomic E-state index is 13.2. The van der Waals surface area contributed by atoms with Gasteiger partial charge in [-0.15, -0.1) is 0 Å². The van der Waals surface area contributed by atoms with Crippen LogP contribution in [0.5, 0.6) is 0 Å². The monoisotopic (exact) mass is 285 g/mol. The SMILES string of the molecule is CCC1(OC(=O)C(F)(F)C(F)(F)C(=O)[O-])CCCC1. The minimum absolute atomic E-state index is 0.200. The van der Waals surface area contributed by atoms with Crippen molar-refractivity contribution >= 4 is 11.9 Å². The highest BCUT2D eigenvalue weighted by molar-refractivity contribution is 5.88. The lowest BCUT2D eigenvalue weighted by molar-refractivity contribution is -0.347. The molecule has 1 aliphatic carbocycles. The number of esters is 1. The molecule has 0 radical (unpaired) electrons. The Morgan fingerprint density at radius 3 is 2.00 bits per heavy atom. The first kappa shape index (κ1) is 15.7. The minimum Gasteiger partial charge on any atom is -0.544 e. The van der Waals surface area contributed by atoms with Crippen LogP contribution >= 0.6 is 0 Å². The third-order valence-corrected chi connectivity index (χ3v) is 3.38. The van der Waals surface area contributed by atoms with Gasteiger partial charge in [0.05, 0.1) is 0 Å². The second kappa shape index (κ2) is 4.97.